The summed E-state index contributed by atoms with van der Waals surface area (Å²) in [5, 5.41) is 11.3. The Morgan fingerprint density at radius 1 is 1.18 bits per heavy atom. The second kappa shape index (κ2) is 5.01. The van der Waals surface area contributed by atoms with Crippen molar-refractivity contribution in [1.29, 1.82) is 0 Å². The lowest BCUT2D eigenvalue weighted by molar-refractivity contribution is 0.393. The first kappa shape index (κ1) is 11.7. The van der Waals surface area contributed by atoms with Crippen molar-refractivity contribution in [2.24, 2.45) is 0 Å². The van der Waals surface area contributed by atoms with Crippen LogP contribution in [0.1, 0.15) is 5.82 Å². The Bertz CT molecular complexity index is 493. The molecule has 0 aliphatic heterocycles. The number of hydrogen-bond donors (Lipinski definition) is 0. The van der Waals surface area contributed by atoms with E-state index in [1.807, 2.05) is 0 Å². The first-order valence-electron chi connectivity index (χ1n) is 4.85. The first-order chi connectivity index (χ1) is 8.28. The van der Waals surface area contributed by atoms with Gasteiger partial charge in [-0.05, 0) is 10.4 Å². The van der Waals surface area contributed by atoms with E-state index in [4.69, 9.17) is 21.1 Å². The SMILES string of the molecule is COc1cc(OC)cc(-n2nnnc2CCl)c1. The van der Waals surface area contributed by atoms with Crippen LogP contribution in [-0.4, -0.2) is 34.4 Å². The Hall–Kier alpha value is -1.82. The molecule has 0 saturated carbocycles. The number of rotatable bonds is 4. The molecule has 90 valence electrons. The van der Waals surface area contributed by atoms with Crippen LogP contribution in [-0.2, 0) is 5.88 Å². The van der Waals surface area contributed by atoms with Crippen LogP contribution in [0.3, 0.4) is 0 Å². The minimum atomic E-state index is 0.229. The van der Waals surface area contributed by atoms with Gasteiger partial charge in [-0.1, -0.05) is 0 Å². The fourth-order valence-corrected chi connectivity index (χ4v) is 1.57. The molecule has 7 heteroatoms. The Morgan fingerprint density at radius 2 is 1.82 bits per heavy atom. The number of nitrogens with zero attached hydrogens (tertiary/aromatic N) is 4. The Balaban J connectivity index is 2.51. The average molecular weight is 255 g/mol. The van der Waals surface area contributed by atoms with Gasteiger partial charge in [0.1, 0.15) is 11.5 Å². The van der Waals surface area contributed by atoms with E-state index < -0.39 is 0 Å². The van der Waals surface area contributed by atoms with Gasteiger partial charge in [-0.2, -0.15) is 4.68 Å². The number of hydrogen-bond acceptors (Lipinski definition) is 5. The number of aromatic nitrogens is 4. The van der Waals surface area contributed by atoms with Gasteiger partial charge in [-0.15, -0.1) is 16.7 Å². The quantitative estimate of drug-likeness (QED) is 0.772. The van der Waals surface area contributed by atoms with E-state index in [2.05, 4.69) is 15.5 Å². The van der Waals surface area contributed by atoms with Crippen molar-refractivity contribution < 1.29 is 9.47 Å². The Morgan fingerprint density at radius 3 is 2.35 bits per heavy atom. The summed E-state index contributed by atoms with van der Waals surface area (Å²) in [5.74, 6) is 2.11. The lowest BCUT2D eigenvalue weighted by atomic mass is 10.3. The third-order valence-corrected chi connectivity index (χ3v) is 2.47. The smallest absolute Gasteiger partial charge is 0.171 e. The van der Waals surface area contributed by atoms with Gasteiger partial charge in [-0.3, -0.25) is 0 Å². The molecule has 0 amide bonds. The Kier molecular flexibility index (Phi) is 3.43. The standard InChI is InChI=1S/C10H11ClN4O2/c1-16-8-3-7(4-9(5-8)17-2)15-10(6-11)12-13-14-15/h3-5H,6H2,1-2H3. The van der Waals surface area contributed by atoms with E-state index in [-0.39, 0.29) is 5.88 Å². The molecule has 0 aliphatic carbocycles. The topological polar surface area (TPSA) is 62.1 Å². The molecule has 1 aromatic heterocycles. The van der Waals surface area contributed by atoms with Gasteiger partial charge in [0.15, 0.2) is 5.82 Å². The van der Waals surface area contributed by atoms with Crippen LogP contribution < -0.4 is 9.47 Å². The van der Waals surface area contributed by atoms with E-state index in [0.717, 1.165) is 5.69 Å². The van der Waals surface area contributed by atoms with Crippen molar-refractivity contribution in [2.75, 3.05) is 14.2 Å². The third kappa shape index (κ3) is 2.31. The van der Waals surface area contributed by atoms with Crippen LogP contribution in [0, 0.1) is 0 Å². The summed E-state index contributed by atoms with van der Waals surface area (Å²) in [6.45, 7) is 0. The van der Waals surface area contributed by atoms with Crippen LogP contribution in [0.2, 0.25) is 0 Å². The predicted molar refractivity (Wildman–Crippen MR) is 61.8 cm³/mol. The van der Waals surface area contributed by atoms with Gasteiger partial charge >= 0.3 is 0 Å². The zero-order valence-corrected chi connectivity index (χ0v) is 10.2. The zero-order chi connectivity index (χ0) is 12.3. The molecular weight excluding hydrogens is 244 g/mol. The monoisotopic (exact) mass is 254 g/mol. The summed E-state index contributed by atoms with van der Waals surface area (Å²) in [6.07, 6.45) is 0. The fraction of sp³-hybridized carbons (Fsp3) is 0.300. The Labute approximate surface area is 103 Å². The van der Waals surface area contributed by atoms with Crippen molar-refractivity contribution in [2.45, 2.75) is 5.88 Å². The van der Waals surface area contributed by atoms with Gasteiger partial charge in [-0.25, -0.2) is 0 Å². The van der Waals surface area contributed by atoms with Crippen molar-refractivity contribution >= 4 is 11.6 Å². The summed E-state index contributed by atoms with van der Waals surface area (Å²) in [6, 6.07) is 5.37. The molecule has 6 nitrogen and oxygen atoms in total. The number of ether oxygens (including phenoxy) is 2. The zero-order valence-electron chi connectivity index (χ0n) is 9.42. The van der Waals surface area contributed by atoms with Crippen LogP contribution in [0.25, 0.3) is 5.69 Å². The van der Waals surface area contributed by atoms with Crippen molar-refractivity contribution in [1.82, 2.24) is 20.2 Å². The molecule has 2 rings (SSSR count). The van der Waals surface area contributed by atoms with Gasteiger partial charge in [0.2, 0.25) is 0 Å². The lowest BCUT2D eigenvalue weighted by Crippen LogP contribution is -2.02. The second-order valence-corrected chi connectivity index (χ2v) is 3.48. The number of halogens is 1. The summed E-state index contributed by atoms with van der Waals surface area (Å²) < 4.78 is 11.9. The first-order valence-corrected chi connectivity index (χ1v) is 5.38. The molecular formula is C10H11ClN4O2. The highest BCUT2D eigenvalue weighted by Gasteiger charge is 2.09. The molecule has 0 atom stereocenters. The number of methoxy groups -OCH3 is 2. The van der Waals surface area contributed by atoms with E-state index in [1.165, 1.54) is 4.68 Å². The highest BCUT2D eigenvalue weighted by atomic mass is 35.5. The van der Waals surface area contributed by atoms with Crippen molar-refractivity contribution in [3.63, 3.8) is 0 Å². The number of tetrazole rings is 1. The maximum atomic E-state index is 5.74. The molecule has 1 heterocycles. The van der Waals surface area contributed by atoms with Crippen LogP contribution >= 0.6 is 11.6 Å². The number of benzene rings is 1. The van der Waals surface area contributed by atoms with Crippen molar-refractivity contribution in [3.05, 3.63) is 24.0 Å². The predicted octanol–water partition coefficient (Wildman–Crippen LogP) is 1.42. The molecule has 2 aromatic rings. The average Bonchev–Trinajstić information content (AvgIpc) is 2.86. The molecule has 0 saturated heterocycles. The molecule has 0 spiro atoms. The molecule has 0 bridgehead atoms. The highest BCUT2D eigenvalue weighted by Crippen LogP contribution is 2.25. The van der Waals surface area contributed by atoms with E-state index in [1.54, 1.807) is 32.4 Å². The fourth-order valence-electron chi connectivity index (χ4n) is 1.40. The third-order valence-electron chi connectivity index (χ3n) is 2.23. The lowest BCUT2D eigenvalue weighted by Gasteiger charge is -2.08. The summed E-state index contributed by atoms with van der Waals surface area (Å²) in [5.41, 5.74) is 0.738. The van der Waals surface area contributed by atoms with Gasteiger partial charge in [0, 0.05) is 18.2 Å². The van der Waals surface area contributed by atoms with Crippen LogP contribution in [0.4, 0.5) is 0 Å². The normalized spacial score (nSPS) is 10.3. The maximum Gasteiger partial charge on any atom is 0.171 e. The highest BCUT2D eigenvalue weighted by molar-refractivity contribution is 6.16. The minimum absolute atomic E-state index is 0.229. The molecule has 0 radical (unpaired) electrons. The summed E-state index contributed by atoms with van der Waals surface area (Å²) in [4.78, 5) is 0. The largest absolute Gasteiger partial charge is 0.497 e. The molecule has 17 heavy (non-hydrogen) atoms. The summed E-state index contributed by atoms with van der Waals surface area (Å²) in [7, 11) is 3.17. The molecule has 0 unspecified atom stereocenters. The molecule has 0 aliphatic rings. The summed E-state index contributed by atoms with van der Waals surface area (Å²) >= 11 is 5.74. The van der Waals surface area contributed by atoms with E-state index >= 15 is 0 Å². The van der Waals surface area contributed by atoms with E-state index in [9.17, 15) is 0 Å². The maximum absolute atomic E-state index is 5.74. The molecule has 0 fully saturated rings. The molecule has 1 aromatic carbocycles. The minimum Gasteiger partial charge on any atom is -0.497 e. The van der Waals surface area contributed by atoms with Crippen molar-refractivity contribution in [3.8, 4) is 17.2 Å². The van der Waals surface area contributed by atoms with Crippen LogP contribution in [0.15, 0.2) is 18.2 Å². The van der Waals surface area contributed by atoms with E-state index in [0.29, 0.717) is 17.3 Å². The molecule has 0 N–H and O–H groups in total. The van der Waals surface area contributed by atoms with Gasteiger partial charge in [0.05, 0.1) is 25.8 Å². The van der Waals surface area contributed by atoms with Gasteiger partial charge < -0.3 is 9.47 Å². The van der Waals surface area contributed by atoms with Gasteiger partial charge in [0.25, 0.3) is 0 Å². The second-order valence-electron chi connectivity index (χ2n) is 3.21. The van der Waals surface area contributed by atoms with Crippen LogP contribution in [0.5, 0.6) is 11.5 Å². The number of alkyl halides is 1.